The molecule has 4 N–H and O–H groups in total. The first kappa shape index (κ1) is 27.0. The van der Waals surface area contributed by atoms with Crippen molar-refractivity contribution in [2.45, 2.75) is 39.7 Å². The SMILES string of the molecule is CCc1ccc(Cl)cc1NC(=O)[C@H](C)CCCN(Cc1cccc(F)c1)C(=O)Nc1cccc(N)c1. The van der Waals surface area contributed by atoms with Crippen LogP contribution >= 0.6 is 11.6 Å². The Morgan fingerprint density at radius 1 is 1.06 bits per heavy atom. The van der Waals surface area contributed by atoms with E-state index < -0.39 is 0 Å². The third kappa shape index (κ3) is 7.99. The molecule has 0 saturated heterocycles. The first-order chi connectivity index (χ1) is 17.2. The van der Waals surface area contributed by atoms with E-state index in [9.17, 15) is 14.0 Å². The summed E-state index contributed by atoms with van der Waals surface area (Å²) in [5, 5.41) is 6.39. The second-order valence-electron chi connectivity index (χ2n) is 8.79. The lowest BCUT2D eigenvalue weighted by atomic mass is 10.0. The summed E-state index contributed by atoms with van der Waals surface area (Å²) in [5.74, 6) is -0.740. The maximum absolute atomic E-state index is 13.7. The van der Waals surface area contributed by atoms with Crippen molar-refractivity contribution in [3.8, 4) is 0 Å². The summed E-state index contributed by atoms with van der Waals surface area (Å²) in [6.45, 7) is 4.49. The molecule has 1 atom stereocenters. The van der Waals surface area contributed by atoms with Crippen LogP contribution in [0.2, 0.25) is 5.02 Å². The smallest absolute Gasteiger partial charge is 0.322 e. The topological polar surface area (TPSA) is 87.5 Å². The number of carbonyl (C=O) groups excluding carboxylic acids is 2. The number of carbonyl (C=O) groups is 2. The number of nitrogens with two attached hydrogens (primary N) is 1. The zero-order valence-corrected chi connectivity index (χ0v) is 21.3. The predicted octanol–water partition coefficient (Wildman–Crippen LogP) is 6.71. The summed E-state index contributed by atoms with van der Waals surface area (Å²) in [6, 6.07) is 18.2. The third-order valence-corrected chi connectivity index (χ3v) is 6.15. The lowest BCUT2D eigenvalue weighted by Crippen LogP contribution is -2.35. The van der Waals surface area contributed by atoms with Crippen molar-refractivity contribution >= 4 is 40.6 Å². The highest BCUT2D eigenvalue weighted by molar-refractivity contribution is 6.31. The number of urea groups is 1. The van der Waals surface area contributed by atoms with Crippen molar-refractivity contribution < 1.29 is 14.0 Å². The van der Waals surface area contributed by atoms with E-state index in [1.54, 1.807) is 47.4 Å². The van der Waals surface area contributed by atoms with Crippen LogP contribution in [0.15, 0.2) is 66.7 Å². The Balaban J connectivity index is 1.63. The van der Waals surface area contributed by atoms with Gasteiger partial charge in [0.25, 0.3) is 0 Å². The van der Waals surface area contributed by atoms with Crippen LogP contribution in [0.25, 0.3) is 0 Å². The standard InChI is InChI=1S/C28H32ClFN4O2/c1-3-21-12-13-22(29)16-26(21)33-27(35)19(2)7-6-14-34(18-20-8-4-9-23(30)15-20)28(36)32-25-11-5-10-24(31)17-25/h4-5,8-13,15-17,19H,3,6-7,14,18,31H2,1-2H3,(H,32,36)(H,33,35)/t19-/m1/s1. The van der Waals surface area contributed by atoms with Crippen LogP contribution in [0.3, 0.4) is 0 Å². The summed E-state index contributed by atoms with van der Waals surface area (Å²) >= 11 is 6.10. The summed E-state index contributed by atoms with van der Waals surface area (Å²) in [5.41, 5.74) is 9.34. The van der Waals surface area contributed by atoms with E-state index in [2.05, 4.69) is 10.6 Å². The fraction of sp³-hybridized carbons (Fsp3) is 0.286. The molecule has 190 valence electrons. The molecule has 3 aromatic rings. The molecule has 0 spiro atoms. The fourth-order valence-electron chi connectivity index (χ4n) is 3.88. The van der Waals surface area contributed by atoms with Gasteiger partial charge in [0, 0.05) is 41.1 Å². The number of nitrogens with one attached hydrogen (secondary N) is 2. The van der Waals surface area contributed by atoms with Gasteiger partial charge in [-0.2, -0.15) is 0 Å². The summed E-state index contributed by atoms with van der Waals surface area (Å²) in [4.78, 5) is 27.5. The van der Waals surface area contributed by atoms with Gasteiger partial charge in [-0.1, -0.05) is 49.7 Å². The molecule has 0 heterocycles. The number of halogens is 2. The highest BCUT2D eigenvalue weighted by Crippen LogP contribution is 2.23. The minimum Gasteiger partial charge on any atom is -0.399 e. The van der Waals surface area contributed by atoms with E-state index in [0.29, 0.717) is 41.3 Å². The zero-order valence-electron chi connectivity index (χ0n) is 20.6. The van der Waals surface area contributed by atoms with Crippen LogP contribution in [0.4, 0.5) is 26.2 Å². The van der Waals surface area contributed by atoms with Crippen LogP contribution < -0.4 is 16.4 Å². The van der Waals surface area contributed by atoms with Gasteiger partial charge in [0.05, 0.1) is 0 Å². The second kappa shape index (κ2) is 12.9. The predicted molar refractivity (Wildman–Crippen MR) is 145 cm³/mol. The van der Waals surface area contributed by atoms with Crippen molar-refractivity contribution in [3.63, 3.8) is 0 Å². The van der Waals surface area contributed by atoms with Gasteiger partial charge in [-0.05, 0) is 72.9 Å². The number of nitrogens with zero attached hydrogens (tertiary/aromatic N) is 1. The third-order valence-electron chi connectivity index (χ3n) is 5.91. The van der Waals surface area contributed by atoms with Crippen LogP contribution in [-0.2, 0) is 17.8 Å². The van der Waals surface area contributed by atoms with Crippen LogP contribution in [-0.4, -0.2) is 23.4 Å². The van der Waals surface area contributed by atoms with E-state index in [0.717, 1.165) is 17.7 Å². The number of aryl methyl sites for hydroxylation is 1. The molecule has 0 saturated carbocycles. The molecule has 36 heavy (non-hydrogen) atoms. The number of hydrogen-bond acceptors (Lipinski definition) is 3. The molecule has 3 amide bonds. The Morgan fingerprint density at radius 2 is 1.83 bits per heavy atom. The van der Waals surface area contributed by atoms with Gasteiger partial charge in [-0.25, -0.2) is 9.18 Å². The summed E-state index contributed by atoms with van der Waals surface area (Å²) in [7, 11) is 0. The fourth-order valence-corrected chi connectivity index (χ4v) is 4.05. The van der Waals surface area contributed by atoms with Gasteiger partial charge in [-0.3, -0.25) is 4.79 Å². The Labute approximate surface area is 216 Å². The molecule has 3 aromatic carbocycles. The highest BCUT2D eigenvalue weighted by atomic mass is 35.5. The molecular weight excluding hydrogens is 479 g/mol. The lowest BCUT2D eigenvalue weighted by molar-refractivity contribution is -0.119. The molecule has 0 fully saturated rings. The molecule has 3 rings (SSSR count). The lowest BCUT2D eigenvalue weighted by Gasteiger charge is -2.24. The Bertz CT molecular complexity index is 1200. The maximum atomic E-state index is 13.7. The highest BCUT2D eigenvalue weighted by Gasteiger charge is 2.18. The van der Waals surface area contributed by atoms with Gasteiger partial charge in [-0.15, -0.1) is 0 Å². The van der Waals surface area contributed by atoms with Gasteiger partial charge < -0.3 is 21.3 Å². The normalized spacial score (nSPS) is 11.6. The second-order valence-corrected chi connectivity index (χ2v) is 9.23. The van der Waals surface area contributed by atoms with E-state index in [1.807, 2.05) is 26.0 Å². The van der Waals surface area contributed by atoms with Gasteiger partial charge >= 0.3 is 6.03 Å². The number of anilines is 3. The van der Waals surface area contributed by atoms with Gasteiger partial charge in [0.15, 0.2) is 0 Å². The van der Waals surface area contributed by atoms with E-state index >= 15 is 0 Å². The molecule has 0 aliphatic heterocycles. The van der Waals surface area contributed by atoms with Crippen molar-refractivity contribution in [1.82, 2.24) is 4.90 Å². The van der Waals surface area contributed by atoms with Crippen LogP contribution in [0.1, 0.15) is 37.8 Å². The molecule has 8 heteroatoms. The molecule has 0 unspecified atom stereocenters. The number of hydrogen-bond donors (Lipinski definition) is 3. The molecule has 0 radical (unpaired) electrons. The first-order valence-corrected chi connectivity index (χ1v) is 12.4. The molecule has 0 bridgehead atoms. The molecule has 0 aliphatic carbocycles. The Kier molecular flexibility index (Phi) is 9.70. The van der Waals surface area contributed by atoms with Crippen molar-refractivity contribution in [1.29, 1.82) is 0 Å². The minimum atomic E-state index is -0.360. The molecule has 6 nitrogen and oxygen atoms in total. The Morgan fingerprint density at radius 3 is 2.56 bits per heavy atom. The Hall–Kier alpha value is -3.58. The van der Waals surface area contributed by atoms with Gasteiger partial charge in [0.2, 0.25) is 5.91 Å². The van der Waals surface area contributed by atoms with Crippen LogP contribution in [0.5, 0.6) is 0 Å². The van der Waals surface area contributed by atoms with E-state index in [-0.39, 0.29) is 30.2 Å². The van der Waals surface area contributed by atoms with E-state index in [1.165, 1.54) is 12.1 Å². The maximum Gasteiger partial charge on any atom is 0.322 e. The van der Waals surface area contributed by atoms with Crippen molar-refractivity contribution in [2.24, 2.45) is 5.92 Å². The van der Waals surface area contributed by atoms with E-state index in [4.69, 9.17) is 17.3 Å². The molecule has 0 aliphatic rings. The zero-order chi connectivity index (χ0) is 26.1. The number of rotatable bonds is 10. The van der Waals surface area contributed by atoms with Crippen LogP contribution in [0, 0.1) is 11.7 Å². The van der Waals surface area contributed by atoms with Crippen molar-refractivity contribution in [2.75, 3.05) is 22.9 Å². The monoisotopic (exact) mass is 510 g/mol. The average molecular weight is 511 g/mol. The largest absolute Gasteiger partial charge is 0.399 e. The number of amides is 3. The molecule has 0 aromatic heterocycles. The number of benzene rings is 3. The quantitative estimate of drug-likeness (QED) is 0.265. The van der Waals surface area contributed by atoms with Gasteiger partial charge in [0.1, 0.15) is 5.82 Å². The molecular formula is C28H32ClFN4O2. The first-order valence-electron chi connectivity index (χ1n) is 12.0. The van der Waals surface area contributed by atoms with Crippen molar-refractivity contribution in [3.05, 3.63) is 88.7 Å². The number of nitrogen functional groups attached to an aromatic ring is 1. The minimum absolute atomic E-state index is 0.104. The summed E-state index contributed by atoms with van der Waals surface area (Å²) in [6.07, 6.45) is 1.93. The summed E-state index contributed by atoms with van der Waals surface area (Å²) < 4.78 is 13.7. The average Bonchev–Trinajstić information content (AvgIpc) is 2.83.